The molecule has 0 amide bonds. The molecule has 2 aromatic rings. The molecule has 2 saturated heterocycles. The molecule has 1 aromatic heterocycles. The van der Waals surface area contributed by atoms with Gasteiger partial charge < -0.3 is 10.1 Å². The Morgan fingerprint density at radius 2 is 2.20 bits per heavy atom. The van der Waals surface area contributed by atoms with Gasteiger partial charge in [0.1, 0.15) is 11.1 Å². The van der Waals surface area contributed by atoms with E-state index in [1.807, 2.05) is 11.3 Å². The Hall–Kier alpha value is -1.27. The molecule has 2 atom stereocenters. The molecule has 2 aliphatic heterocycles. The maximum absolute atomic E-state index is 5.78. The van der Waals surface area contributed by atoms with E-state index >= 15 is 0 Å². The number of rotatable bonds is 5. The second-order valence-electron chi connectivity index (χ2n) is 6.95. The molecule has 25 heavy (non-hydrogen) atoms. The molecule has 0 aliphatic carbocycles. The number of thiazole rings is 1. The lowest BCUT2D eigenvalue weighted by Gasteiger charge is -2.36. The Bertz CT molecular complexity index is 679. The summed E-state index contributed by atoms with van der Waals surface area (Å²) in [5.74, 6) is 0. The zero-order valence-corrected chi connectivity index (χ0v) is 15.7. The first-order valence-electron chi connectivity index (χ1n) is 9.43. The molecule has 4 rings (SSSR count). The minimum Gasteiger partial charge on any atom is -0.371 e. The summed E-state index contributed by atoms with van der Waals surface area (Å²) in [4.78, 5) is 8.57. The van der Waals surface area contributed by atoms with Gasteiger partial charge in [0.2, 0.25) is 0 Å². The fourth-order valence-electron chi connectivity index (χ4n) is 3.76. The lowest BCUT2D eigenvalue weighted by Crippen LogP contribution is -2.45. The van der Waals surface area contributed by atoms with Crippen LogP contribution in [0.25, 0.3) is 0 Å². The quantitative estimate of drug-likeness (QED) is 0.885. The molecule has 0 bridgehead atoms. The van der Waals surface area contributed by atoms with Crippen LogP contribution in [0.1, 0.15) is 52.9 Å². The first kappa shape index (κ1) is 17.2. The zero-order valence-electron chi connectivity index (χ0n) is 14.9. The minimum atomic E-state index is 0.235. The molecule has 0 radical (unpaired) electrons. The van der Waals surface area contributed by atoms with E-state index in [0.29, 0.717) is 6.04 Å². The molecule has 4 nitrogen and oxygen atoms in total. The van der Waals surface area contributed by atoms with E-state index < -0.39 is 0 Å². The van der Waals surface area contributed by atoms with E-state index in [4.69, 9.17) is 4.74 Å². The van der Waals surface area contributed by atoms with Gasteiger partial charge in [0.25, 0.3) is 0 Å². The van der Waals surface area contributed by atoms with Gasteiger partial charge in [0.15, 0.2) is 0 Å². The molecule has 5 heteroatoms. The SMILES string of the molecule is CCc1ccc(C2CNCCN2Cc2cnc(C3CCCO3)s2)cc1. The van der Waals surface area contributed by atoms with Crippen LogP contribution in [0.15, 0.2) is 30.5 Å². The smallest absolute Gasteiger partial charge is 0.122 e. The monoisotopic (exact) mass is 357 g/mol. The maximum atomic E-state index is 5.78. The van der Waals surface area contributed by atoms with Crippen molar-refractivity contribution in [3.63, 3.8) is 0 Å². The van der Waals surface area contributed by atoms with Gasteiger partial charge in [-0.2, -0.15) is 0 Å². The number of aryl methyl sites for hydroxylation is 1. The largest absolute Gasteiger partial charge is 0.371 e. The molecule has 0 saturated carbocycles. The van der Waals surface area contributed by atoms with Crippen LogP contribution in [0.2, 0.25) is 0 Å². The average Bonchev–Trinajstić information content (AvgIpc) is 3.34. The molecule has 1 aromatic carbocycles. The second-order valence-corrected chi connectivity index (χ2v) is 8.10. The Kier molecular flexibility index (Phi) is 5.46. The Balaban J connectivity index is 1.47. The molecular weight excluding hydrogens is 330 g/mol. The third-order valence-electron chi connectivity index (χ3n) is 5.26. The van der Waals surface area contributed by atoms with E-state index in [0.717, 1.165) is 57.1 Å². The summed E-state index contributed by atoms with van der Waals surface area (Å²) in [6.07, 6.45) is 5.67. The molecule has 1 N–H and O–H groups in total. The van der Waals surface area contributed by atoms with Gasteiger partial charge in [-0.3, -0.25) is 4.90 Å². The summed E-state index contributed by atoms with van der Waals surface area (Å²) < 4.78 is 5.78. The first-order valence-corrected chi connectivity index (χ1v) is 10.2. The molecule has 2 fully saturated rings. The van der Waals surface area contributed by atoms with Crippen LogP contribution < -0.4 is 5.32 Å². The molecule has 2 aliphatic rings. The molecule has 134 valence electrons. The standard InChI is InChI=1S/C20H27N3OS/c1-2-15-5-7-16(8-6-15)18-13-21-9-10-23(18)14-17-12-22-20(25-17)19-4-3-11-24-19/h5-8,12,18-19,21H,2-4,9-11,13-14H2,1H3. The van der Waals surface area contributed by atoms with Crippen molar-refractivity contribution in [1.29, 1.82) is 0 Å². The minimum absolute atomic E-state index is 0.235. The van der Waals surface area contributed by atoms with E-state index in [1.54, 1.807) is 0 Å². The van der Waals surface area contributed by atoms with Crippen LogP contribution in [-0.4, -0.2) is 36.1 Å². The van der Waals surface area contributed by atoms with Crippen LogP contribution in [0.4, 0.5) is 0 Å². The van der Waals surface area contributed by atoms with Crippen LogP contribution >= 0.6 is 11.3 Å². The summed E-state index contributed by atoms with van der Waals surface area (Å²) in [5, 5.41) is 4.71. The summed E-state index contributed by atoms with van der Waals surface area (Å²) in [5.41, 5.74) is 2.82. The number of aromatic nitrogens is 1. The third-order valence-corrected chi connectivity index (χ3v) is 6.34. The highest BCUT2D eigenvalue weighted by molar-refractivity contribution is 7.11. The first-order chi connectivity index (χ1) is 12.3. The number of nitrogens with zero attached hydrogens (tertiary/aromatic N) is 2. The maximum Gasteiger partial charge on any atom is 0.122 e. The highest BCUT2D eigenvalue weighted by Gasteiger charge is 2.26. The van der Waals surface area contributed by atoms with Gasteiger partial charge in [-0.1, -0.05) is 31.2 Å². The highest BCUT2D eigenvalue weighted by atomic mass is 32.1. The number of hydrogen-bond acceptors (Lipinski definition) is 5. The van der Waals surface area contributed by atoms with Crippen LogP contribution in [0.3, 0.4) is 0 Å². The molecular formula is C20H27N3OS. The number of nitrogens with one attached hydrogen (secondary N) is 1. The molecule has 0 spiro atoms. The van der Waals surface area contributed by atoms with E-state index in [-0.39, 0.29) is 6.10 Å². The van der Waals surface area contributed by atoms with Gasteiger partial charge in [0, 0.05) is 49.9 Å². The normalized spacial score (nSPS) is 24.7. The van der Waals surface area contributed by atoms with E-state index in [9.17, 15) is 0 Å². The summed E-state index contributed by atoms with van der Waals surface area (Å²) in [6, 6.07) is 9.57. The van der Waals surface area contributed by atoms with Crippen molar-refractivity contribution in [2.45, 2.75) is 44.9 Å². The van der Waals surface area contributed by atoms with Gasteiger partial charge >= 0.3 is 0 Å². The topological polar surface area (TPSA) is 37.4 Å². The Morgan fingerprint density at radius 1 is 1.32 bits per heavy atom. The van der Waals surface area contributed by atoms with E-state index in [2.05, 4.69) is 52.6 Å². The van der Waals surface area contributed by atoms with Crippen LogP contribution in [0, 0.1) is 0 Å². The van der Waals surface area contributed by atoms with Crippen LogP contribution in [0.5, 0.6) is 0 Å². The third kappa shape index (κ3) is 3.95. The predicted octanol–water partition coefficient (Wildman–Crippen LogP) is 3.70. The summed E-state index contributed by atoms with van der Waals surface area (Å²) >= 11 is 1.83. The van der Waals surface area contributed by atoms with E-state index in [1.165, 1.54) is 16.0 Å². The average molecular weight is 358 g/mol. The number of ether oxygens (including phenoxy) is 1. The van der Waals surface area contributed by atoms with Crippen molar-refractivity contribution < 1.29 is 4.74 Å². The lowest BCUT2D eigenvalue weighted by molar-refractivity contribution is 0.111. The fourth-order valence-corrected chi connectivity index (χ4v) is 4.78. The predicted molar refractivity (Wildman–Crippen MR) is 102 cm³/mol. The van der Waals surface area contributed by atoms with Gasteiger partial charge in [0.05, 0.1) is 0 Å². The van der Waals surface area contributed by atoms with Crippen molar-refractivity contribution in [1.82, 2.24) is 15.2 Å². The van der Waals surface area contributed by atoms with Gasteiger partial charge in [-0.15, -0.1) is 11.3 Å². The van der Waals surface area contributed by atoms with Crippen molar-refractivity contribution in [3.8, 4) is 0 Å². The van der Waals surface area contributed by atoms with Crippen molar-refractivity contribution in [2.24, 2.45) is 0 Å². The summed E-state index contributed by atoms with van der Waals surface area (Å²) in [6.45, 7) is 7.22. The molecule has 3 heterocycles. The molecule has 2 unspecified atom stereocenters. The van der Waals surface area contributed by atoms with Gasteiger partial charge in [-0.25, -0.2) is 4.98 Å². The zero-order chi connectivity index (χ0) is 17.1. The second kappa shape index (κ2) is 7.96. The van der Waals surface area contributed by atoms with Crippen molar-refractivity contribution >= 4 is 11.3 Å². The number of benzene rings is 1. The van der Waals surface area contributed by atoms with Gasteiger partial charge in [-0.05, 0) is 30.4 Å². The Labute approximate surface area is 154 Å². The number of hydrogen-bond donors (Lipinski definition) is 1. The summed E-state index contributed by atoms with van der Waals surface area (Å²) in [7, 11) is 0. The highest BCUT2D eigenvalue weighted by Crippen LogP contribution is 2.33. The van der Waals surface area contributed by atoms with Crippen molar-refractivity contribution in [2.75, 3.05) is 26.2 Å². The number of piperazine rings is 1. The van der Waals surface area contributed by atoms with Crippen LogP contribution in [-0.2, 0) is 17.7 Å². The fraction of sp³-hybridized carbons (Fsp3) is 0.550. The lowest BCUT2D eigenvalue weighted by atomic mass is 10.0. The Morgan fingerprint density at radius 3 is 2.96 bits per heavy atom. The van der Waals surface area contributed by atoms with Crippen molar-refractivity contribution in [3.05, 3.63) is 51.5 Å².